The fraction of sp³-hybridized carbons (Fsp3) is 0.682. The molecule has 2 fully saturated rings. The number of hydrogen-bond donors (Lipinski definition) is 0. The number of benzene rings is 1. The molecular weight excluding hydrogens is 297 g/mol. The molecule has 2 heteroatoms. The van der Waals surface area contributed by atoms with Crippen molar-refractivity contribution in [3.05, 3.63) is 35.1 Å². The average molecular weight is 332 g/mol. The Kier molecular flexibility index (Phi) is 4.39. The zero-order valence-corrected chi connectivity index (χ0v) is 14.5. The standard InChI is InChI=1S/C22H30FN/c1-2-3-16-4-6-17(7-5-16)18-8-10-19(11-9-18)20-12-13-21(15-24)22(23)14-20/h12-14,16-19H,2-11H2,1H3/i4D2,5D2. The molecule has 0 saturated heterocycles. The third-order valence-corrected chi connectivity index (χ3v) is 5.85. The maximum absolute atomic E-state index is 13.9. The van der Waals surface area contributed by atoms with Crippen molar-refractivity contribution >= 4 is 0 Å². The highest BCUT2D eigenvalue weighted by Gasteiger charge is 2.31. The molecule has 0 N–H and O–H groups in total. The van der Waals surface area contributed by atoms with Crippen LogP contribution < -0.4 is 0 Å². The van der Waals surface area contributed by atoms with E-state index in [1.807, 2.05) is 19.1 Å². The van der Waals surface area contributed by atoms with Gasteiger partial charge >= 0.3 is 0 Å². The first-order chi connectivity index (χ1) is 13.2. The third kappa shape index (κ3) is 4.00. The molecule has 2 aliphatic carbocycles. The van der Waals surface area contributed by atoms with Gasteiger partial charge in [-0.3, -0.25) is 0 Å². The summed E-state index contributed by atoms with van der Waals surface area (Å²) in [6, 6.07) is 6.74. The molecule has 2 saturated carbocycles. The minimum absolute atomic E-state index is 0.0748. The molecule has 3 rings (SSSR count). The highest BCUT2D eigenvalue weighted by molar-refractivity contribution is 5.34. The van der Waals surface area contributed by atoms with E-state index in [0.717, 1.165) is 37.7 Å². The van der Waals surface area contributed by atoms with Crippen LogP contribution in [0.1, 0.15) is 93.6 Å². The Morgan fingerprint density at radius 1 is 1.12 bits per heavy atom. The minimum atomic E-state index is -1.45. The summed E-state index contributed by atoms with van der Waals surface area (Å²) in [5.74, 6) is -0.288. The van der Waals surface area contributed by atoms with Crippen LogP contribution in [0.4, 0.5) is 4.39 Å². The number of halogens is 1. The lowest BCUT2D eigenvalue weighted by Gasteiger charge is -2.38. The summed E-state index contributed by atoms with van der Waals surface area (Å²) in [6.45, 7) is 1.99. The highest BCUT2D eigenvalue weighted by Crippen LogP contribution is 2.44. The molecule has 0 heterocycles. The van der Waals surface area contributed by atoms with Crippen LogP contribution in [0.25, 0.3) is 0 Å². The Labute approximate surface area is 151 Å². The van der Waals surface area contributed by atoms with Gasteiger partial charge in [0.25, 0.3) is 0 Å². The van der Waals surface area contributed by atoms with E-state index < -0.39 is 24.5 Å². The molecule has 1 aromatic rings. The van der Waals surface area contributed by atoms with Crippen molar-refractivity contribution in [3.63, 3.8) is 0 Å². The van der Waals surface area contributed by atoms with E-state index in [1.54, 1.807) is 6.07 Å². The number of nitrogens with zero attached hydrogens (tertiary/aromatic N) is 1. The second kappa shape index (κ2) is 8.15. The van der Waals surface area contributed by atoms with E-state index in [0.29, 0.717) is 25.2 Å². The number of hydrogen-bond acceptors (Lipinski definition) is 1. The number of nitriles is 1. The van der Waals surface area contributed by atoms with Crippen molar-refractivity contribution in [1.29, 1.82) is 5.26 Å². The fourth-order valence-corrected chi connectivity index (χ4v) is 4.36. The van der Waals surface area contributed by atoms with Gasteiger partial charge in [-0.25, -0.2) is 4.39 Å². The summed E-state index contributed by atoms with van der Waals surface area (Å²) in [5.41, 5.74) is 1.01. The molecule has 1 aromatic carbocycles. The second-order valence-corrected chi connectivity index (χ2v) is 7.38. The summed E-state index contributed by atoms with van der Waals surface area (Å²) in [5, 5.41) is 8.88. The Morgan fingerprint density at radius 2 is 1.79 bits per heavy atom. The molecule has 0 radical (unpaired) electrons. The zero-order valence-electron chi connectivity index (χ0n) is 18.5. The first-order valence-corrected chi connectivity index (χ1v) is 9.37. The van der Waals surface area contributed by atoms with Crippen LogP contribution in [-0.4, -0.2) is 0 Å². The topological polar surface area (TPSA) is 23.8 Å². The van der Waals surface area contributed by atoms with E-state index in [9.17, 15) is 4.39 Å². The number of rotatable bonds is 4. The predicted octanol–water partition coefficient (Wildman–Crippen LogP) is 6.58. The van der Waals surface area contributed by atoms with E-state index in [2.05, 4.69) is 0 Å². The molecule has 1 nitrogen and oxygen atoms in total. The molecule has 0 unspecified atom stereocenters. The van der Waals surface area contributed by atoms with Crippen LogP contribution in [0, 0.1) is 34.9 Å². The summed E-state index contributed by atoms with van der Waals surface area (Å²) < 4.78 is 47.9. The molecule has 0 amide bonds. The lowest BCUT2D eigenvalue weighted by Crippen LogP contribution is -2.25. The molecule has 0 aliphatic heterocycles. The van der Waals surface area contributed by atoms with Crippen LogP contribution in [0.5, 0.6) is 0 Å². The molecule has 0 atom stereocenters. The van der Waals surface area contributed by atoms with Crippen molar-refractivity contribution in [3.8, 4) is 6.07 Å². The van der Waals surface area contributed by atoms with Gasteiger partial charge in [0.2, 0.25) is 0 Å². The van der Waals surface area contributed by atoms with Crippen LogP contribution in [0.3, 0.4) is 0 Å². The fourth-order valence-electron chi connectivity index (χ4n) is 4.36. The monoisotopic (exact) mass is 331 g/mol. The van der Waals surface area contributed by atoms with Crippen LogP contribution in [0.2, 0.25) is 0 Å². The zero-order chi connectivity index (χ0) is 20.5. The first-order valence-electron chi connectivity index (χ1n) is 11.4. The molecular formula is C22H30FN. The summed E-state index contributed by atoms with van der Waals surface area (Å²) in [7, 11) is 0. The predicted molar refractivity (Wildman–Crippen MR) is 96.2 cm³/mol. The Bertz CT molecular complexity index is 717. The van der Waals surface area contributed by atoms with Gasteiger partial charge in [-0.1, -0.05) is 38.6 Å². The van der Waals surface area contributed by atoms with Gasteiger partial charge in [0.1, 0.15) is 11.9 Å². The van der Waals surface area contributed by atoms with Gasteiger partial charge < -0.3 is 0 Å². The maximum Gasteiger partial charge on any atom is 0.141 e. The van der Waals surface area contributed by atoms with E-state index >= 15 is 0 Å². The molecule has 130 valence electrons. The van der Waals surface area contributed by atoms with Crippen LogP contribution in [0.15, 0.2) is 18.2 Å². The quantitative estimate of drug-likeness (QED) is 0.611. The van der Waals surface area contributed by atoms with Gasteiger partial charge in [-0.2, -0.15) is 5.26 Å². The van der Waals surface area contributed by atoms with Crippen molar-refractivity contribution in [2.24, 2.45) is 17.8 Å². The van der Waals surface area contributed by atoms with Crippen LogP contribution >= 0.6 is 0 Å². The average Bonchev–Trinajstić information content (AvgIpc) is 2.64. The van der Waals surface area contributed by atoms with Crippen molar-refractivity contribution in [2.45, 2.75) is 77.0 Å². The largest absolute Gasteiger partial charge is 0.206 e. The normalized spacial score (nSPS) is 37.4. The van der Waals surface area contributed by atoms with Crippen molar-refractivity contribution < 1.29 is 9.87 Å². The molecule has 0 aromatic heterocycles. The lowest BCUT2D eigenvalue weighted by molar-refractivity contribution is 0.156. The van der Waals surface area contributed by atoms with Gasteiger partial charge in [0.15, 0.2) is 0 Å². The maximum atomic E-state index is 13.9. The van der Waals surface area contributed by atoms with E-state index in [1.165, 1.54) is 6.07 Å². The molecule has 0 bridgehead atoms. The second-order valence-electron chi connectivity index (χ2n) is 7.38. The minimum Gasteiger partial charge on any atom is -0.206 e. The highest BCUT2D eigenvalue weighted by atomic mass is 19.1. The van der Waals surface area contributed by atoms with Gasteiger partial charge in [-0.05, 0) is 79.9 Å². The molecule has 2 aliphatic rings. The Balaban J connectivity index is 1.65. The van der Waals surface area contributed by atoms with Gasteiger partial charge in [-0.15, -0.1) is 0 Å². The molecule has 24 heavy (non-hydrogen) atoms. The summed E-state index contributed by atoms with van der Waals surface area (Å²) in [4.78, 5) is 0. The van der Waals surface area contributed by atoms with Gasteiger partial charge in [0.05, 0.1) is 5.56 Å². The summed E-state index contributed by atoms with van der Waals surface area (Å²) >= 11 is 0. The van der Waals surface area contributed by atoms with E-state index in [4.69, 9.17) is 10.7 Å². The van der Waals surface area contributed by atoms with Crippen molar-refractivity contribution in [1.82, 2.24) is 0 Å². The lowest BCUT2D eigenvalue weighted by atomic mass is 9.68. The van der Waals surface area contributed by atoms with Crippen molar-refractivity contribution in [2.75, 3.05) is 0 Å². The van der Waals surface area contributed by atoms with Crippen LogP contribution in [-0.2, 0) is 0 Å². The SMILES string of the molecule is [2H]C1([2H])CC(C2CCC(c3ccc(C#N)c(F)c3)CC2)CC([2H])([2H])C1CCC. The third-order valence-electron chi connectivity index (χ3n) is 5.85. The Hall–Kier alpha value is -1.36. The van der Waals surface area contributed by atoms with E-state index in [-0.39, 0.29) is 17.4 Å². The molecule has 0 spiro atoms. The first kappa shape index (κ1) is 12.9. The van der Waals surface area contributed by atoms with Gasteiger partial charge in [0, 0.05) is 5.48 Å². The smallest absolute Gasteiger partial charge is 0.141 e. The Morgan fingerprint density at radius 3 is 2.38 bits per heavy atom. The summed E-state index contributed by atoms with van der Waals surface area (Å²) in [6.07, 6.45) is 3.11.